The van der Waals surface area contributed by atoms with Gasteiger partial charge in [-0.05, 0) is 39.3 Å². The van der Waals surface area contributed by atoms with Gasteiger partial charge >= 0.3 is 6.03 Å². The molecule has 7 nitrogen and oxygen atoms in total. The average molecular weight is 368 g/mol. The Kier molecular flexibility index (Phi) is 5.78. The molecule has 1 aliphatic rings. The van der Waals surface area contributed by atoms with E-state index >= 15 is 0 Å². The van der Waals surface area contributed by atoms with Crippen molar-refractivity contribution < 1.29 is 4.79 Å². The summed E-state index contributed by atoms with van der Waals surface area (Å²) in [7, 11) is 0. The summed E-state index contributed by atoms with van der Waals surface area (Å²) < 4.78 is 0. The van der Waals surface area contributed by atoms with Crippen molar-refractivity contribution in [3.8, 4) is 0 Å². The van der Waals surface area contributed by atoms with E-state index in [0.717, 1.165) is 42.4 Å². The van der Waals surface area contributed by atoms with Crippen LogP contribution in [-0.2, 0) is 0 Å². The first kappa shape index (κ1) is 18.9. The predicted octanol–water partition coefficient (Wildman–Crippen LogP) is 3.19. The van der Waals surface area contributed by atoms with Gasteiger partial charge in [0.05, 0.1) is 0 Å². The molecule has 0 saturated carbocycles. The molecule has 2 amide bonds. The molecule has 0 radical (unpaired) electrons. The van der Waals surface area contributed by atoms with Crippen LogP contribution in [0, 0.1) is 20.8 Å². The Labute approximate surface area is 160 Å². The molecule has 0 unspecified atom stereocenters. The second kappa shape index (κ2) is 8.24. The number of benzene rings is 1. The lowest BCUT2D eigenvalue weighted by molar-refractivity contribution is 0.208. The number of amides is 2. The summed E-state index contributed by atoms with van der Waals surface area (Å²) in [6.07, 6.45) is 0. The summed E-state index contributed by atoms with van der Waals surface area (Å²) in [5, 5.41) is 6.20. The number of carbonyl (C=O) groups excluding carboxylic acids is 1. The minimum Gasteiger partial charge on any atom is -0.354 e. The van der Waals surface area contributed by atoms with Crippen LogP contribution in [-0.4, -0.2) is 53.6 Å². The second-order valence-corrected chi connectivity index (χ2v) is 6.94. The van der Waals surface area contributed by atoms with Gasteiger partial charge in [-0.3, -0.25) is 0 Å². The van der Waals surface area contributed by atoms with Gasteiger partial charge in [-0.15, -0.1) is 0 Å². The molecule has 0 spiro atoms. The highest BCUT2D eigenvalue weighted by molar-refractivity contribution is 5.90. The van der Waals surface area contributed by atoms with E-state index in [1.165, 1.54) is 5.56 Å². The van der Waals surface area contributed by atoms with Crippen LogP contribution in [0.25, 0.3) is 0 Å². The third-order valence-corrected chi connectivity index (χ3v) is 4.69. The smallest absolute Gasteiger partial charge is 0.321 e. The first-order valence-electron chi connectivity index (χ1n) is 9.44. The molecule has 0 bridgehead atoms. The Balaban J connectivity index is 1.60. The summed E-state index contributed by atoms with van der Waals surface area (Å²) in [6, 6.07) is 8.00. The van der Waals surface area contributed by atoms with Gasteiger partial charge in [0.15, 0.2) is 0 Å². The summed E-state index contributed by atoms with van der Waals surface area (Å²) in [5.74, 6) is 1.57. The molecular formula is C20H28N6O. The topological polar surface area (TPSA) is 73.4 Å². The number of rotatable bonds is 4. The molecule has 1 saturated heterocycles. The molecule has 1 aromatic heterocycles. The molecule has 1 aliphatic heterocycles. The standard InChI is InChI=1S/C20H28N6O/c1-5-21-19-22-16(4)13-18(24-19)25-8-10-26(11-9-25)20(27)23-17-7-6-14(2)12-15(17)3/h6-7,12-13H,5,8-11H2,1-4H3,(H,23,27)(H,21,22,24). The van der Waals surface area contributed by atoms with Crippen LogP contribution < -0.4 is 15.5 Å². The van der Waals surface area contributed by atoms with Crippen molar-refractivity contribution in [3.63, 3.8) is 0 Å². The molecule has 0 aliphatic carbocycles. The maximum absolute atomic E-state index is 12.6. The van der Waals surface area contributed by atoms with Gasteiger partial charge in [0.25, 0.3) is 0 Å². The molecule has 7 heteroatoms. The Hall–Kier alpha value is -2.83. The van der Waals surface area contributed by atoms with Crippen molar-refractivity contribution in [2.24, 2.45) is 0 Å². The number of aromatic nitrogens is 2. The number of anilines is 3. The first-order valence-corrected chi connectivity index (χ1v) is 9.44. The van der Waals surface area contributed by atoms with Crippen LogP contribution in [0.5, 0.6) is 0 Å². The van der Waals surface area contributed by atoms with Crippen LogP contribution in [0.1, 0.15) is 23.7 Å². The highest BCUT2D eigenvalue weighted by Crippen LogP contribution is 2.19. The summed E-state index contributed by atoms with van der Waals surface area (Å²) in [5.41, 5.74) is 4.08. The number of nitrogens with zero attached hydrogens (tertiary/aromatic N) is 4. The fourth-order valence-corrected chi connectivity index (χ4v) is 3.24. The molecule has 0 atom stereocenters. The Bertz CT molecular complexity index is 814. The normalized spacial score (nSPS) is 14.2. The molecule has 2 aromatic rings. The van der Waals surface area contributed by atoms with E-state index in [0.29, 0.717) is 19.0 Å². The number of carbonyl (C=O) groups is 1. The van der Waals surface area contributed by atoms with E-state index in [9.17, 15) is 4.79 Å². The quantitative estimate of drug-likeness (QED) is 0.867. The van der Waals surface area contributed by atoms with Crippen molar-refractivity contribution in [1.29, 1.82) is 0 Å². The molecule has 1 fully saturated rings. The predicted molar refractivity (Wildman–Crippen MR) is 110 cm³/mol. The van der Waals surface area contributed by atoms with E-state index in [1.54, 1.807) is 0 Å². The number of aryl methyl sites for hydroxylation is 3. The SMILES string of the molecule is CCNc1nc(C)cc(N2CCN(C(=O)Nc3ccc(C)cc3C)CC2)n1. The zero-order chi connectivity index (χ0) is 19.4. The Morgan fingerprint density at radius 3 is 2.48 bits per heavy atom. The van der Waals surface area contributed by atoms with Crippen LogP contribution >= 0.6 is 0 Å². The van der Waals surface area contributed by atoms with E-state index < -0.39 is 0 Å². The molecule has 1 aromatic carbocycles. The molecule has 2 heterocycles. The zero-order valence-corrected chi connectivity index (χ0v) is 16.5. The van der Waals surface area contributed by atoms with Gasteiger partial charge in [0.1, 0.15) is 5.82 Å². The lowest BCUT2D eigenvalue weighted by Crippen LogP contribution is -2.50. The Morgan fingerprint density at radius 1 is 1.07 bits per heavy atom. The number of hydrogen-bond acceptors (Lipinski definition) is 5. The fraction of sp³-hybridized carbons (Fsp3) is 0.450. The lowest BCUT2D eigenvalue weighted by Gasteiger charge is -2.35. The van der Waals surface area contributed by atoms with E-state index in [1.807, 2.05) is 50.8 Å². The molecule has 27 heavy (non-hydrogen) atoms. The van der Waals surface area contributed by atoms with Crippen LogP contribution in [0.3, 0.4) is 0 Å². The Morgan fingerprint density at radius 2 is 1.81 bits per heavy atom. The van der Waals surface area contributed by atoms with Gasteiger partial charge in [-0.1, -0.05) is 17.7 Å². The molecule has 144 valence electrons. The highest BCUT2D eigenvalue weighted by atomic mass is 16.2. The molecule has 2 N–H and O–H groups in total. The number of piperazine rings is 1. The summed E-state index contributed by atoms with van der Waals surface area (Å²) in [6.45, 7) is 11.7. The maximum atomic E-state index is 12.6. The molecule has 3 rings (SSSR count). The number of nitrogens with one attached hydrogen (secondary N) is 2. The van der Waals surface area contributed by atoms with Crippen LogP contribution in [0.15, 0.2) is 24.3 Å². The van der Waals surface area contributed by atoms with E-state index in [-0.39, 0.29) is 6.03 Å². The minimum atomic E-state index is -0.0474. The van der Waals surface area contributed by atoms with Gasteiger partial charge in [-0.25, -0.2) is 9.78 Å². The average Bonchev–Trinajstić information content (AvgIpc) is 2.64. The number of hydrogen-bond donors (Lipinski definition) is 2. The van der Waals surface area contributed by atoms with Gasteiger partial charge in [0, 0.05) is 50.2 Å². The first-order chi connectivity index (χ1) is 13.0. The van der Waals surface area contributed by atoms with Gasteiger partial charge in [-0.2, -0.15) is 4.98 Å². The summed E-state index contributed by atoms with van der Waals surface area (Å²) in [4.78, 5) is 25.7. The van der Waals surface area contributed by atoms with Gasteiger partial charge < -0.3 is 20.4 Å². The molecular weight excluding hydrogens is 340 g/mol. The maximum Gasteiger partial charge on any atom is 0.321 e. The van der Waals surface area contributed by atoms with Crippen LogP contribution in [0.4, 0.5) is 22.2 Å². The summed E-state index contributed by atoms with van der Waals surface area (Å²) >= 11 is 0. The van der Waals surface area contributed by atoms with Crippen molar-refractivity contribution in [2.75, 3.05) is 48.3 Å². The minimum absolute atomic E-state index is 0.0474. The highest BCUT2D eigenvalue weighted by Gasteiger charge is 2.22. The monoisotopic (exact) mass is 368 g/mol. The van der Waals surface area contributed by atoms with Crippen molar-refractivity contribution in [3.05, 3.63) is 41.1 Å². The van der Waals surface area contributed by atoms with Crippen molar-refractivity contribution in [1.82, 2.24) is 14.9 Å². The van der Waals surface area contributed by atoms with Crippen molar-refractivity contribution >= 4 is 23.5 Å². The van der Waals surface area contributed by atoms with Crippen LogP contribution in [0.2, 0.25) is 0 Å². The van der Waals surface area contributed by atoms with Crippen molar-refractivity contribution in [2.45, 2.75) is 27.7 Å². The van der Waals surface area contributed by atoms with Gasteiger partial charge in [0.2, 0.25) is 5.95 Å². The fourth-order valence-electron chi connectivity index (χ4n) is 3.24. The second-order valence-electron chi connectivity index (χ2n) is 6.94. The van der Waals surface area contributed by atoms with E-state index in [2.05, 4.69) is 31.6 Å². The zero-order valence-electron chi connectivity index (χ0n) is 16.5. The lowest BCUT2D eigenvalue weighted by atomic mass is 10.1. The number of urea groups is 1. The largest absolute Gasteiger partial charge is 0.354 e. The third kappa shape index (κ3) is 4.67. The van der Waals surface area contributed by atoms with E-state index in [4.69, 9.17) is 0 Å². The third-order valence-electron chi connectivity index (χ3n) is 4.69.